The number of hydrogen-bond acceptors (Lipinski definition) is 2. The Kier molecular flexibility index (Phi) is 4.92. The van der Waals surface area contributed by atoms with Gasteiger partial charge in [-0.05, 0) is 19.8 Å². The highest BCUT2D eigenvalue weighted by atomic mass is 32.2. The highest BCUT2D eigenvalue weighted by Crippen LogP contribution is 2.26. The topological polar surface area (TPSA) is 60.2 Å². The fraction of sp³-hybridized carbons (Fsp3) is 1.00. The van der Waals surface area contributed by atoms with E-state index in [4.69, 9.17) is 5.14 Å². The molecule has 2 N–H and O–H groups in total. The lowest BCUT2D eigenvalue weighted by molar-refractivity contribution is 0.461. The van der Waals surface area contributed by atoms with Crippen LogP contribution in [0, 0.1) is 0 Å². The maximum atomic E-state index is 11.3. The van der Waals surface area contributed by atoms with Crippen LogP contribution >= 0.6 is 0 Å². The molecule has 0 saturated carbocycles. The first-order valence-electron chi connectivity index (χ1n) is 4.89. The molecule has 0 aromatic heterocycles. The SMILES string of the molecule is CCCCC(C)(CCC)S(N)(=O)=O. The molecule has 1 unspecified atom stereocenters. The van der Waals surface area contributed by atoms with Crippen molar-refractivity contribution in [1.82, 2.24) is 0 Å². The van der Waals surface area contributed by atoms with Crippen LogP contribution in [-0.4, -0.2) is 13.2 Å². The molecule has 0 aromatic rings. The number of unbranched alkanes of at least 4 members (excludes halogenated alkanes) is 1. The van der Waals surface area contributed by atoms with Crippen LogP contribution in [0.1, 0.15) is 52.9 Å². The van der Waals surface area contributed by atoms with Crippen LogP contribution in [0.2, 0.25) is 0 Å². The van der Waals surface area contributed by atoms with Crippen LogP contribution in [0.25, 0.3) is 0 Å². The van der Waals surface area contributed by atoms with E-state index in [0.717, 1.165) is 19.3 Å². The van der Waals surface area contributed by atoms with Gasteiger partial charge in [0.15, 0.2) is 0 Å². The molecule has 0 rings (SSSR count). The summed E-state index contributed by atoms with van der Waals surface area (Å²) >= 11 is 0. The second-order valence-electron chi connectivity index (χ2n) is 3.85. The van der Waals surface area contributed by atoms with Crippen LogP contribution in [-0.2, 0) is 10.0 Å². The maximum Gasteiger partial charge on any atom is 0.214 e. The average Bonchev–Trinajstić information content (AvgIpc) is 1.99. The summed E-state index contributed by atoms with van der Waals surface area (Å²) in [4.78, 5) is 0. The smallest absolute Gasteiger partial charge is 0.214 e. The first-order valence-corrected chi connectivity index (χ1v) is 6.44. The van der Waals surface area contributed by atoms with E-state index in [1.54, 1.807) is 6.92 Å². The van der Waals surface area contributed by atoms with Crippen LogP contribution in [0.3, 0.4) is 0 Å². The van der Waals surface area contributed by atoms with Gasteiger partial charge in [0.25, 0.3) is 0 Å². The molecule has 0 aliphatic heterocycles. The van der Waals surface area contributed by atoms with Gasteiger partial charge in [0.2, 0.25) is 10.0 Å². The Hall–Kier alpha value is -0.0900. The minimum Gasteiger partial charge on any atom is -0.228 e. The van der Waals surface area contributed by atoms with Gasteiger partial charge in [-0.15, -0.1) is 0 Å². The van der Waals surface area contributed by atoms with E-state index in [1.165, 1.54) is 0 Å². The van der Waals surface area contributed by atoms with Gasteiger partial charge in [0.05, 0.1) is 4.75 Å². The summed E-state index contributed by atoms with van der Waals surface area (Å²) in [5.74, 6) is 0. The highest BCUT2D eigenvalue weighted by molar-refractivity contribution is 7.90. The van der Waals surface area contributed by atoms with E-state index in [-0.39, 0.29) is 0 Å². The molecule has 0 aliphatic rings. The lowest BCUT2D eigenvalue weighted by Crippen LogP contribution is -2.40. The maximum absolute atomic E-state index is 11.3. The predicted molar refractivity (Wildman–Crippen MR) is 55.9 cm³/mol. The summed E-state index contributed by atoms with van der Waals surface area (Å²) < 4.78 is 21.9. The molecular weight excluding hydrogens is 186 g/mol. The zero-order chi connectivity index (χ0) is 10.5. The van der Waals surface area contributed by atoms with Crippen LogP contribution in [0.5, 0.6) is 0 Å². The quantitative estimate of drug-likeness (QED) is 0.724. The van der Waals surface area contributed by atoms with Crippen molar-refractivity contribution >= 4 is 10.0 Å². The van der Waals surface area contributed by atoms with Gasteiger partial charge in [-0.3, -0.25) is 0 Å². The zero-order valence-electron chi connectivity index (χ0n) is 8.84. The van der Waals surface area contributed by atoms with Crippen LogP contribution in [0.4, 0.5) is 0 Å². The molecule has 0 heterocycles. The van der Waals surface area contributed by atoms with Crippen LogP contribution in [0.15, 0.2) is 0 Å². The summed E-state index contributed by atoms with van der Waals surface area (Å²) in [6, 6.07) is 0. The van der Waals surface area contributed by atoms with Crippen molar-refractivity contribution in [2.45, 2.75) is 57.6 Å². The second kappa shape index (κ2) is 4.96. The lowest BCUT2D eigenvalue weighted by atomic mass is 9.98. The Morgan fingerprint density at radius 1 is 1.15 bits per heavy atom. The third-order valence-corrected chi connectivity index (χ3v) is 4.31. The Morgan fingerprint density at radius 3 is 2.00 bits per heavy atom. The molecular formula is C9H21NO2S. The molecule has 3 nitrogen and oxygen atoms in total. The van der Waals surface area contributed by atoms with E-state index in [0.29, 0.717) is 12.8 Å². The molecule has 0 radical (unpaired) electrons. The summed E-state index contributed by atoms with van der Waals surface area (Å²) in [5.41, 5.74) is 0. The fourth-order valence-electron chi connectivity index (χ4n) is 1.49. The standard InChI is InChI=1S/C9H21NO2S/c1-4-6-8-9(3,7-5-2)13(10,11)12/h4-8H2,1-3H3,(H2,10,11,12). The number of rotatable bonds is 6. The number of nitrogens with two attached hydrogens (primary N) is 1. The first-order chi connectivity index (χ1) is 5.87. The van der Waals surface area contributed by atoms with Gasteiger partial charge in [-0.25, -0.2) is 13.6 Å². The molecule has 0 fully saturated rings. The molecule has 1 atom stereocenters. The van der Waals surface area contributed by atoms with Gasteiger partial charge in [-0.2, -0.15) is 0 Å². The summed E-state index contributed by atoms with van der Waals surface area (Å²) in [6.07, 6.45) is 4.13. The third-order valence-electron chi connectivity index (χ3n) is 2.52. The Balaban J connectivity index is 4.53. The Morgan fingerprint density at radius 2 is 1.69 bits per heavy atom. The summed E-state index contributed by atoms with van der Waals surface area (Å²) in [7, 11) is -3.40. The molecule has 0 aromatic carbocycles. The first kappa shape index (κ1) is 12.9. The predicted octanol–water partition coefficient (Wildman–Crippen LogP) is 2.02. The molecule has 80 valence electrons. The van der Waals surface area contributed by atoms with Gasteiger partial charge < -0.3 is 0 Å². The molecule has 0 bridgehead atoms. The van der Waals surface area contributed by atoms with Gasteiger partial charge in [0.1, 0.15) is 0 Å². The highest BCUT2D eigenvalue weighted by Gasteiger charge is 2.34. The fourth-order valence-corrected chi connectivity index (χ4v) is 2.41. The number of primary sulfonamides is 1. The average molecular weight is 207 g/mol. The lowest BCUT2D eigenvalue weighted by Gasteiger charge is -2.26. The second-order valence-corrected chi connectivity index (χ2v) is 5.92. The minimum absolute atomic E-state index is 0.659. The Labute approximate surface area is 81.8 Å². The van der Waals surface area contributed by atoms with Gasteiger partial charge in [0, 0.05) is 0 Å². The van der Waals surface area contributed by atoms with E-state index >= 15 is 0 Å². The van der Waals surface area contributed by atoms with Crippen molar-refractivity contribution in [3.8, 4) is 0 Å². The van der Waals surface area contributed by atoms with Crippen LogP contribution < -0.4 is 5.14 Å². The van der Waals surface area contributed by atoms with Gasteiger partial charge in [-0.1, -0.05) is 33.1 Å². The van der Waals surface area contributed by atoms with Crippen molar-refractivity contribution in [2.75, 3.05) is 0 Å². The zero-order valence-corrected chi connectivity index (χ0v) is 9.65. The third kappa shape index (κ3) is 3.65. The van der Waals surface area contributed by atoms with E-state index in [2.05, 4.69) is 6.92 Å². The van der Waals surface area contributed by atoms with Crippen molar-refractivity contribution in [2.24, 2.45) is 5.14 Å². The molecule has 0 amide bonds. The van der Waals surface area contributed by atoms with Crippen molar-refractivity contribution < 1.29 is 8.42 Å². The van der Waals surface area contributed by atoms with Crippen molar-refractivity contribution in [1.29, 1.82) is 0 Å². The normalized spacial score (nSPS) is 16.9. The van der Waals surface area contributed by atoms with E-state index < -0.39 is 14.8 Å². The number of sulfonamides is 1. The minimum atomic E-state index is -3.40. The molecule has 4 heteroatoms. The molecule has 0 spiro atoms. The van der Waals surface area contributed by atoms with E-state index in [1.807, 2.05) is 6.92 Å². The van der Waals surface area contributed by atoms with E-state index in [9.17, 15) is 8.42 Å². The molecule has 13 heavy (non-hydrogen) atoms. The monoisotopic (exact) mass is 207 g/mol. The summed E-state index contributed by atoms with van der Waals surface area (Å²) in [5, 5.41) is 5.21. The summed E-state index contributed by atoms with van der Waals surface area (Å²) in [6.45, 7) is 5.78. The molecule has 0 aliphatic carbocycles. The number of hydrogen-bond donors (Lipinski definition) is 1. The molecule has 0 saturated heterocycles. The van der Waals surface area contributed by atoms with Crippen molar-refractivity contribution in [3.05, 3.63) is 0 Å². The Bertz CT molecular complexity index is 236. The van der Waals surface area contributed by atoms with Gasteiger partial charge >= 0.3 is 0 Å². The van der Waals surface area contributed by atoms with Crippen molar-refractivity contribution in [3.63, 3.8) is 0 Å². The largest absolute Gasteiger partial charge is 0.228 e.